The van der Waals surface area contributed by atoms with E-state index in [4.69, 9.17) is 4.74 Å². The van der Waals surface area contributed by atoms with Gasteiger partial charge in [-0.15, -0.1) is 0 Å². The highest BCUT2D eigenvalue weighted by Crippen LogP contribution is 2.43. The van der Waals surface area contributed by atoms with Crippen molar-refractivity contribution in [2.24, 2.45) is 0 Å². The van der Waals surface area contributed by atoms with Crippen LogP contribution in [0.2, 0.25) is 0 Å². The molecule has 2 saturated heterocycles. The molecule has 2 atom stereocenters. The molecule has 1 aromatic rings. The van der Waals surface area contributed by atoms with Crippen molar-refractivity contribution in [3.8, 4) is 5.75 Å². The number of unbranched alkanes of at least 4 members (excludes halogenated alkanes) is 2. The lowest BCUT2D eigenvalue weighted by atomic mass is 9.85. The monoisotopic (exact) mass is 556 g/mol. The standard InChI is InChI=1S/C31H48N4O5/c1-4-5-15-33(16-7-6-14-32(2)3)29(37)23-35-22-26(24-10-11-27-25(20-24)12-19-40-27)21-31(35,30(38)39)13-18-34-17-8-9-28(34)36/h10-11,20,26H,4-9,12-19,21-23H2,1-3H3,(H,38,39)/t26-,31-/m1/s1. The molecule has 9 heteroatoms. The Morgan fingerprint density at radius 2 is 1.90 bits per heavy atom. The molecule has 222 valence electrons. The Kier molecular flexibility index (Phi) is 10.5. The van der Waals surface area contributed by atoms with Crippen molar-refractivity contribution in [1.29, 1.82) is 0 Å². The van der Waals surface area contributed by atoms with Gasteiger partial charge in [-0.05, 0) is 82.3 Å². The van der Waals surface area contributed by atoms with E-state index in [1.54, 1.807) is 4.90 Å². The maximum atomic E-state index is 13.8. The highest BCUT2D eigenvalue weighted by atomic mass is 16.5. The molecular formula is C31H48N4O5. The van der Waals surface area contributed by atoms with Crippen molar-refractivity contribution in [3.05, 3.63) is 29.3 Å². The van der Waals surface area contributed by atoms with Crippen molar-refractivity contribution >= 4 is 17.8 Å². The first kappa shape index (κ1) is 30.3. The number of fused-ring (bicyclic) bond motifs is 1. The number of ether oxygens (including phenoxy) is 1. The van der Waals surface area contributed by atoms with Crippen molar-refractivity contribution < 1.29 is 24.2 Å². The number of rotatable bonds is 15. The molecule has 0 spiro atoms. The van der Waals surface area contributed by atoms with Gasteiger partial charge in [-0.1, -0.05) is 25.5 Å². The molecule has 3 heterocycles. The Hall–Kier alpha value is -2.65. The Bertz CT molecular complexity index is 1050. The molecule has 0 saturated carbocycles. The molecule has 4 rings (SSSR count). The second-order valence-corrected chi connectivity index (χ2v) is 12.1. The number of aliphatic carboxylic acids is 1. The molecule has 1 aromatic carbocycles. The zero-order chi connectivity index (χ0) is 28.7. The number of carboxylic acids is 1. The summed E-state index contributed by atoms with van der Waals surface area (Å²) in [7, 11) is 4.11. The fourth-order valence-electron chi connectivity index (χ4n) is 6.50. The molecule has 0 bridgehead atoms. The minimum absolute atomic E-state index is 0.00387. The summed E-state index contributed by atoms with van der Waals surface area (Å²) < 4.78 is 5.69. The summed E-state index contributed by atoms with van der Waals surface area (Å²) in [5, 5.41) is 10.7. The predicted octanol–water partition coefficient (Wildman–Crippen LogP) is 3.22. The number of hydrogen-bond acceptors (Lipinski definition) is 6. The Morgan fingerprint density at radius 1 is 1.12 bits per heavy atom. The highest BCUT2D eigenvalue weighted by molar-refractivity contribution is 5.83. The molecule has 0 unspecified atom stereocenters. The summed E-state index contributed by atoms with van der Waals surface area (Å²) in [4.78, 5) is 47.0. The van der Waals surface area contributed by atoms with Crippen molar-refractivity contribution in [3.63, 3.8) is 0 Å². The number of nitrogens with zero attached hydrogens (tertiary/aromatic N) is 4. The van der Waals surface area contributed by atoms with E-state index in [2.05, 4.69) is 38.1 Å². The average molecular weight is 557 g/mol. The number of carbonyl (C=O) groups is 3. The van der Waals surface area contributed by atoms with E-state index in [0.717, 1.165) is 56.4 Å². The van der Waals surface area contributed by atoms with Gasteiger partial charge in [-0.3, -0.25) is 19.3 Å². The minimum atomic E-state index is -1.19. The van der Waals surface area contributed by atoms with Gasteiger partial charge in [0.1, 0.15) is 11.3 Å². The van der Waals surface area contributed by atoms with Gasteiger partial charge in [0, 0.05) is 45.6 Å². The van der Waals surface area contributed by atoms with E-state index in [1.165, 1.54) is 5.56 Å². The quantitative estimate of drug-likeness (QED) is 0.332. The zero-order valence-electron chi connectivity index (χ0n) is 24.7. The van der Waals surface area contributed by atoms with Gasteiger partial charge >= 0.3 is 5.97 Å². The number of carboxylic acid groups (broad SMARTS) is 1. The van der Waals surface area contributed by atoms with Crippen molar-refractivity contribution in [2.45, 2.75) is 76.2 Å². The third kappa shape index (κ3) is 7.16. The maximum absolute atomic E-state index is 13.8. The van der Waals surface area contributed by atoms with Crippen LogP contribution in [0.25, 0.3) is 0 Å². The molecule has 2 amide bonds. The SMILES string of the molecule is CCCCN(CCCCN(C)C)C(=O)CN1C[C@H](c2ccc3c(c2)CCO3)C[C@]1(CCN1CCCC1=O)C(=O)O. The van der Waals surface area contributed by atoms with E-state index >= 15 is 0 Å². The van der Waals surface area contributed by atoms with Crippen LogP contribution in [-0.2, 0) is 20.8 Å². The highest BCUT2D eigenvalue weighted by Gasteiger charge is 2.52. The summed E-state index contributed by atoms with van der Waals surface area (Å²) in [5.74, 6) is 0.105. The van der Waals surface area contributed by atoms with Gasteiger partial charge in [0.25, 0.3) is 0 Å². The van der Waals surface area contributed by atoms with Gasteiger partial charge in [0.2, 0.25) is 11.8 Å². The van der Waals surface area contributed by atoms with Gasteiger partial charge in [0.05, 0.1) is 13.2 Å². The summed E-state index contributed by atoms with van der Waals surface area (Å²) in [6.07, 6.45) is 6.83. The van der Waals surface area contributed by atoms with E-state index in [1.807, 2.05) is 15.9 Å². The fraction of sp³-hybridized carbons (Fsp3) is 0.710. The first-order valence-corrected chi connectivity index (χ1v) is 15.2. The van der Waals surface area contributed by atoms with Crippen LogP contribution in [0.1, 0.15) is 75.3 Å². The van der Waals surface area contributed by atoms with Crippen molar-refractivity contribution in [2.75, 3.05) is 66.5 Å². The normalized spacial score (nSPS) is 22.6. The lowest BCUT2D eigenvalue weighted by molar-refractivity contribution is -0.152. The van der Waals surface area contributed by atoms with Gasteiger partial charge < -0.3 is 24.5 Å². The first-order chi connectivity index (χ1) is 19.2. The molecule has 9 nitrogen and oxygen atoms in total. The molecule has 3 aliphatic rings. The molecule has 2 fully saturated rings. The Labute approximate surface area is 239 Å². The Morgan fingerprint density at radius 3 is 2.60 bits per heavy atom. The lowest BCUT2D eigenvalue weighted by Gasteiger charge is -2.36. The summed E-state index contributed by atoms with van der Waals surface area (Å²) in [6.45, 7) is 6.84. The average Bonchev–Trinajstić information content (AvgIpc) is 3.65. The maximum Gasteiger partial charge on any atom is 0.324 e. The van der Waals surface area contributed by atoms with Crippen LogP contribution in [0.3, 0.4) is 0 Å². The summed E-state index contributed by atoms with van der Waals surface area (Å²) in [6, 6.07) is 6.21. The largest absolute Gasteiger partial charge is 0.493 e. The number of hydrogen-bond donors (Lipinski definition) is 1. The number of amides is 2. The third-order valence-electron chi connectivity index (χ3n) is 8.92. The summed E-state index contributed by atoms with van der Waals surface area (Å²) >= 11 is 0. The van der Waals surface area contributed by atoms with Gasteiger partial charge in [-0.2, -0.15) is 0 Å². The second-order valence-electron chi connectivity index (χ2n) is 12.1. The van der Waals surface area contributed by atoms with E-state index < -0.39 is 11.5 Å². The van der Waals surface area contributed by atoms with E-state index in [0.29, 0.717) is 58.6 Å². The molecule has 0 radical (unpaired) electrons. The molecule has 0 aliphatic carbocycles. The van der Waals surface area contributed by atoms with Gasteiger partial charge in [-0.25, -0.2) is 0 Å². The molecule has 40 heavy (non-hydrogen) atoms. The van der Waals surface area contributed by atoms with Crippen LogP contribution in [0.4, 0.5) is 0 Å². The Balaban J connectivity index is 1.54. The minimum Gasteiger partial charge on any atom is -0.493 e. The van der Waals surface area contributed by atoms with E-state index in [9.17, 15) is 19.5 Å². The van der Waals surface area contributed by atoms with Crippen LogP contribution in [0.15, 0.2) is 18.2 Å². The van der Waals surface area contributed by atoms with Crippen molar-refractivity contribution in [1.82, 2.24) is 19.6 Å². The zero-order valence-corrected chi connectivity index (χ0v) is 24.7. The van der Waals surface area contributed by atoms with Crippen LogP contribution in [0, 0.1) is 0 Å². The van der Waals surface area contributed by atoms with Crippen LogP contribution < -0.4 is 4.74 Å². The second kappa shape index (κ2) is 13.8. The molecular weight excluding hydrogens is 508 g/mol. The van der Waals surface area contributed by atoms with Gasteiger partial charge in [0.15, 0.2) is 0 Å². The van der Waals surface area contributed by atoms with Crippen LogP contribution >= 0.6 is 0 Å². The smallest absolute Gasteiger partial charge is 0.324 e. The number of likely N-dealkylation sites (tertiary alicyclic amines) is 2. The van der Waals surface area contributed by atoms with Crippen LogP contribution in [0.5, 0.6) is 5.75 Å². The fourth-order valence-corrected chi connectivity index (χ4v) is 6.50. The molecule has 0 aromatic heterocycles. The molecule has 3 aliphatic heterocycles. The molecule has 1 N–H and O–H groups in total. The topological polar surface area (TPSA) is 93.6 Å². The predicted molar refractivity (Wildman–Crippen MR) is 155 cm³/mol. The number of benzene rings is 1. The third-order valence-corrected chi connectivity index (χ3v) is 8.92. The van der Waals surface area contributed by atoms with Crippen LogP contribution in [-0.4, -0.2) is 115 Å². The van der Waals surface area contributed by atoms with E-state index in [-0.39, 0.29) is 24.3 Å². The number of carbonyl (C=O) groups excluding carboxylic acids is 2. The summed E-state index contributed by atoms with van der Waals surface area (Å²) in [5.41, 5.74) is 1.08. The first-order valence-electron chi connectivity index (χ1n) is 15.2. The lowest BCUT2D eigenvalue weighted by Crippen LogP contribution is -2.55.